The topological polar surface area (TPSA) is 26.0 Å². The van der Waals surface area contributed by atoms with Gasteiger partial charge in [-0.25, -0.2) is 0 Å². The highest BCUT2D eigenvalue weighted by Gasteiger charge is 2.44. The van der Waals surface area contributed by atoms with Crippen molar-refractivity contribution in [2.75, 3.05) is 0 Å². The van der Waals surface area contributed by atoms with Gasteiger partial charge in [0.25, 0.3) is 0 Å². The molecule has 106 valence electrons. The summed E-state index contributed by atoms with van der Waals surface area (Å²) in [5.74, 6) is 0. The van der Waals surface area contributed by atoms with Crippen LogP contribution in [0.25, 0.3) is 0 Å². The molecule has 1 aromatic rings. The van der Waals surface area contributed by atoms with Gasteiger partial charge in [-0.05, 0) is 30.9 Å². The van der Waals surface area contributed by atoms with Crippen molar-refractivity contribution in [3.8, 4) is 0 Å². The average molecular weight is 271 g/mol. The number of hydrogen-bond acceptors (Lipinski definition) is 1. The lowest BCUT2D eigenvalue weighted by Crippen LogP contribution is -2.50. The Labute approximate surface area is 112 Å². The van der Waals surface area contributed by atoms with E-state index in [0.29, 0.717) is 0 Å². The second kappa shape index (κ2) is 5.16. The first-order chi connectivity index (χ1) is 8.90. The molecule has 1 saturated carbocycles. The highest BCUT2D eigenvalue weighted by molar-refractivity contribution is 5.35. The van der Waals surface area contributed by atoms with Crippen LogP contribution >= 0.6 is 0 Å². The third-order valence-electron chi connectivity index (χ3n) is 4.32. The van der Waals surface area contributed by atoms with Crippen LogP contribution < -0.4 is 5.73 Å². The van der Waals surface area contributed by atoms with E-state index >= 15 is 0 Å². The summed E-state index contributed by atoms with van der Waals surface area (Å²) >= 11 is 0. The second-order valence-electron chi connectivity index (χ2n) is 5.48. The molecule has 2 rings (SSSR count). The van der Waals surface area contributed by atoms with Crippen LogP contribution in [-0.2, 0) is 11.6 Å². The molecule has 19 heavy (non-hydrogen) atoms. The fraction of sp³-hybridized carbons (Fsp3) is 0.600. The first-order valence-electron chi connectivity index (χ1n) is 6.83. The Kier molecular flexibility index (Phi) is 3.90. The third-order valence-corrected chi connectivity index (χ3v) is 4.32. The zero-order valence-electron chi connectivity index (χ0n) is 11.1. The summed E-state index contributed by atoms with van der Waals surface area (Å²) in [5.41, 5.74) is 6.18. The molecule has 0 spiro atoms. The first kappa shape index (κ1) is 14.4. The highest BCUT2D eigenvalue weighted by atomic mass is 19.4. The molecule has 1 aliphatic rings. The molecule has 1 unspecified atom stereocenters. The molecular formula is C15H20F3N. The third kappa shape index (κ3) is 2.64. The Morgan fingerprint density at radius 1 is 1.32 bits per heavy atom. The summed E-state index contributed by atoms with van der Waals surface area (Å²) in [7, 11) is 0. The van der Waals surface area contributed by atoms with E-state index in [4.69, 9.17) is 5.73 Å². The molecule has 1 atom stereocenters. The van der Waals surface area contributed by atoms with Gasteiger partial charge in [0.05, 0.1) is 5.56 Å². The van der Waals surface area contributed by atoms with E-state index < -0.39 is 11.7 Å². The zero-order chi connectivity index (χ0) is 14.1. The smallest absolute Gasteiger partial charge is 0.327 e. The number of nitrogens with two attached hydrogens (primary N) is 1. The van der Waals surface area contributed by atoms with Crippen molar-refractivity contribution < 1.29 is 13.2 Å². The summed E-state index contributed by atoms with van der Waals surface area (Å²) < 4.78 is 38.4. The van der Waals surface area contributed by atoms with Crippen LogP contribution in [0.4, 0.5) is 13.2 Å². The standard InChI is InChI=1S/C15H20F3N/c1-2-5-13(19)14(8-4-9-14)11-6-3-7-12(10-11)15(16,17)18/h3,6-7,10,13H,2,4-5,8-9,19H2,1H3. The van der Waals surface area contributed by atoms with Crippen LogP contribution in [0.2, 0.25) is 0 Å². The molecule has 1 nitrogen and oxygen atoms in total. The van der Waals surface area contributed by atoms with Crippen LogP contribution in [0.15, 0.2) is 24.3 Å². The van der Waals surface area contributed by atoms with Crippen molar-refractivity contribution in [1.82, 2.24) is 0 Å². The molecule has 0 aromatic heterocycles. The van der Waals surface area contributed by atoms with Crippen molar-refractivity contribution >= 4 is 0 Å². The maximum absolute atomic E-state index is 12.8. The summed E-state index contributed by atoms with van der Waals surface area (Å²) in [6, 6.07) is 5.66. The van der Waals surface area contributed by atoms with Crippen molar-refractivity contribution in [2.24, 2.45) is 5.73 Å². The molecule has 0 bridgehead atoms. The fourth-order valence-corrected chi connectivity index (χ4v) is 3.02. The van der Waals surface area contributed by atoms with Crippen LogP contribution in [0.5, 0.6) is 0 Å². The predicted octanol–water partition coefficient (Wildman–Crippen LogP) is 4.25. The van der Waals surface area contributed by atoms with E-state index in [1.165, 1.54) is 12.1 Å². The van der Waals surface area contributed by atoms with Crippen molar-refractivity contribution in [3.05, 3.63) is 35.4 Å². The Balaban J connectivity index is 2.34. The van der Waals surface area contributed by atoms with E-state index in [0.717, 1.165) is 43.7 Å². The van der Waals surface area contributed by atoms with E-state index in [2.05, 4.69) is 6.92 Å². The van der Waals surface area contributed by atoms with Crippen molar-refractivity contribution in [2.45, 2.75) is 56.7 Å². The normalized spacial score (nSPS) is 19.8. The number of rotatable bonds is 4. The summed E-state index contributed by atoms with van der Waals surface area (Å²) in [5, 5.41) is 0. The van der Waals surface area contributed by atoms with Gasteiger partial charge < -0.3 is 5.73 Å². The van der Waals surface area contributed by atoms with Gasteiger partial charge in [-0.15, -0.1) is 0 Å². The minimum Gasteiger partial charge on any atom is -0.327 e. The molecule has 1 fully saturated rings. The van der Waals surface area contributed by atoms with Crippen LogP contribution in [0.3, 0.4) is 0 Å². The number of halogens is 3. The van der Waals surface area contributed by atoms with E-state index in [9.17, 15) is 13.2 Å². The molecular weight excluding hydrogens is 251 g/mol. The highest BCUT2D eigenvalue weighted by Crippen LogP contribution is 2.47. The maximum atomic E-state index is 12.8. The van der Waals surface area contributed by atoms with Gasteiger partial charge in [0.1, 0.15) is 0 Å². The van der Waals surface area contributed by atoms with Gasteiger partial charge >= 0.3 is 6.18 Å². The summed E-state index contributed by atoms with van der Waals surface area (Å²) in [4.78, 5) is 0. The average Bonchev–Trinajstić information content (AvgIpc) is 2.27. The van der Waals surface area contributed by atoms with Crippen LogP contribution in [-0.4, -0.2) is 6.04 Å². The van der Waals surface area contributed by atoms with E-state index in [1.54, 1.807) is 6.07 Å². The fourth-order valence-electron chi connectivity index (χ4n) is 3.02. The number of alkyl halides is 3. The van der Waals surface area contributed by atoms with E-state index in [1.807, 2.05) is 0 Å². The van der Waals surface area contributed by atoms with Gasteiger partial charge in [-0.3, -0.25) is 0 Å². The lowest BCUT2D eigenvalue weighted by Gasteiger charge is -2.47. The SMILES string of the molecule is CCCC(N)C1(c2cccc(C(F)(F)F)c2)CCC1. The Morgan fingerprint density at radius 3 is 2.47 bits per heavy atom. The quantitative estimate of drug-likeness (QED) is 0.870. The summed E-state index contributed by atoms with van der Waals surface area (Å²) in [6.45, 7) is 2.05. The largest absolute Gasteiger partial charge is 0.416 e. The molecule has 0 amide bonds. The van der Waals surface area contributed by atoms with Gasteiger partial charge in [0, 0.05) is 11.5 Å². The Morgan fingerprint density at radius 2 is 2.00 bits per heavy atom. The molecule has 2 N–H and O–H groups in total. The second-order valence-corrected chi connectivity index (χ2v) is 5.48. The molecule has 0 heterocycles. The predicted molar refractivity (Wildman–Crippen MR) is 69.9 cm³/mol. The lowest BCUT2D eigenvalue weighted by molar-refractivity contribution is -0.137. The first-order valence-corrected chi connectivity index (χ1v) is 6.83. The van der Waals surface area contributed by atoms with Gasteiger partial charge in [-0.2, -0.15) is 13.2 Å². The minimum atomic E-state index is -4.28. The van der Waals surface area contributed by atoms with Crippen LogP contribution in [0, 0.1) is 0 Å². The molecule has 1 aromatic carbocycles. The molecule has 1 aliphatic carbocycles. The van der Waals surface area contributed by atoms with Crippen molar-refractivity contribution in [1.29, 1.82) is 0 Å². The van der Waals surface area contributed by atoms with E-state index in [-0.39, 0.29) is 11.5 Å². The molecule has 0 radical (unpaired) electrons. The minimum absolute atomic E-state index is 0.0465. The Bertz CT molecular complexity index is 435. The van der Waals surface area contributed by atoms with Gasteiger partial charge in [0.15, 0.2) is 0 Å². The maximum Gasteiger partial charge on any atom is 0.416 e. The van der Waals surface area contributed by atoms with Crippen molar-refractivity contribution in [3.63, 3.8) is 0 Å². The monoisotopic (exact) mass is 271 g/mol. The molecule has 0 saturated heterocycles. The summed E-state index contributed by atoms with van der Waals surface area (Å²) in [6.07, 6.45) is 0.381. The Hall–Kier alpha value is -1.03. The van der Waals surface area contributed by atoms with Gasteiger partial charge in [-0.1, -0.05) is 38.0 Å². The molecule has 4 heteroatoms. The zero-order valence-corrected chi connectivity index (χ0v) is 11.1. The lowest BCUT2D eigenvalue weighted by atomic mass is 9.59. The number of benzene rings is 1. The van der Waals surface area contributed by atoms with Gasteiger partial charge in [0.2, 0.25) is 0 Å². The van der Waals surface area contributed by atoms with Crippen LogP contribution in [0.1, 0.15) is 50.2 Å². The molecule has 0 aliphatic heterocycles. The number of hydrogen-bond donors (Lipinski definition) is 1.